The van der Waals surface area contributed by atoms with Gasteiger partial charge in [0.25, 0.3) is 0 Å². The van der Waals surface area contributed by atoms with Crippen molar-refractivity contribution >= 4 is 11.9 Å². The fourth-order valence-electron chi connectivity index (χ4n) is 1.22. The van der Waals surface area contributed by atoms with E-state index in [1.165, 1.54) is 0 Å². The third kappa shape index (κ3) is 0.906. The van der Waals surface area contributed by atoms with E-state index in [1.807, 2.05) is 0 Å². The van der Waals surface area contributed by atoms with E-state index in [2.05, 4.69) is 4.74 Å². The zero-order valence-corrected chi connectivity index (χ0v) is 6.19. The normalized spacial score (nSPS) is 26.3. The first-order valence-corrected chi connectivity index (χ1v) is 3.60. The molecule has 0 aromatic rings. The summed E-state index contributed by atoms with van der Waals surface area (Å²) in [4.78, 5) is 22.0. The molecule has 3 heteroatoms. The Morgan fingerprint density at radius 2 is 2.00 bits per heavy atom. The molecule has 1 aliphatic carbocycles. The maximum Gasteiger partial charge on any atom is 0.342 e. The van der Waals surface area contributed by atoms with Gasteiger partial charge in [0.05, 0.1) is 5.57 Å². The van der Waals surface area contributed by atoms with E-state index in [1.54, 1.807) is 30.4 Å². The molecule has 1 saturated heterocycles. The first-order chi connectivity index (χ1) is 5.79. The van der Waals surface area contributed by atoms with Crippen molar-refractivity contribution in [2.45, 2.75) is 0 Å². The number of carbonyl (C=O) groups is 2. The van der Waals surface area contributed by atoms with Crippen LogP contribution in [-0.2, 0) is 14.3 Å². The average molecular weight is 162 g/mol. The van der Waals surface area contributed by atoms with Crippen LogP contribution in [0.4, 0.5) is 0 Å². The zero-order chi connectivity index (χ0) is 8.55. The molecular weight excluding hydrogens is 156 g/mol. The van der Waals surface area contributed by atoms with Crippen LogP contribution in [0.2, 0.25) is 0 Å². The van der Waals surface area contributed by atoms with Crippen molar-refractivity contribution in [1.29, 1.82) is 0 Å². The van der Waals surface area contributed by atoms with Crippen LogP contribution in [0, 0.1) is 5.92 Å². The predicted molar refractivity (Wildman–Crippen MR) is 41.0 cm³/mol. The molecule has 1 aliphatic heterocycles. The second-order valence-electron chi connectivity index (χ2n) is 2.58. The van der Waals surface area contributed by atoms with Crippen LogP contribution in [0.5, 0.6) is 0 Å². The number of hydrogen-bond donors (Lipinski definition) is 0. The summed E-state index contributed by atoms with van der Waals surface area (Å²) in [6.07, 6.45) is 8.48. The van der Waals surface area contributed by atoms with Crippen molar-refractivity contribution in [2.75, 3.05) is 0 Å². The fraction of sp³-hybridized carbons (Fsp3) is 0.111. The minimum Gasteiger partial charge on any atom is -0.389 e. The Balaban J connectivity index is 2.47. The van der Waals surface area contributed by atoms with E-state index < -0.39 is 17.9 Å². The number of rotatable bonds is 0. The van der Waals surface area contributed by atoms with Crippen molar-refractivity contribution < 1.29 is 14.3 Å². The minimum atomic E-state index is -0.527. The zero-order valence-electron chi connectivity index (χ0n) is 6.19. The van der Waals surface area contributed by atoms with E-state index in [4.69, 9.17) is 0 Å². The van der Waals surface area contributed by atoms with Crippen molar-refractivity contribution in [3.05, 3.63) is 36.0 Å². The smallest absolute Gasteiger partial charge is 0.342 e. The fourth-order valence-corrected chi connectivity index (χ4v) is 1.22. The highest BCUT2D eigenvalue weighted by Gasteiger charge is 2.36. The Labute approximate surface area is 69.0 Å². The second kappa shape index (κ2) is 2.44. The third-order valence-electron chi connectivity index (χ3n) is 1.82. The third-order valence-corrected chi connectivity index (χ3v) is 1.82. The molecule has 0 N–H and O–H groups in total. The van der Waals surface area contributed by atoms with Gasteiger partial charge in [0.1, 0.15) is 5.92 Å². The van der Waals surface area contributed by atoms with Crippen molar-refractivity contribution in [2.24, 2.45) is 5.92 Å². The minimum absolute atomic E-state index is 0.421. The number of ether oxygens (including phenoxy) is 1. The Morgan fingerprint density at radius 1 is 1.17 bits per heavy atom. The second-order valence-corrected chi connectivity index (χ2v) is 2.58. The van der Waals surface area contributed by atoms with Crippen LogP contribution < -0.4 is 0 Å². The highest BCUT2D eigenvalue weighted by Crippen LogP contribution is 2.25. The topological polar surface area (TPSA) is 43.4 Å². The molecule has 0 radical (unpaired) electrons. The molecule has 2 rings (SSSR count). The van der Waals surface area contributed by atoms with Crippen LogP contribution in [-0.4, -0.2) is 11.9 Å². The molecule has 0 aromatic carbocycles. The van der Waals surface area contributed by atoms with E-state index in [0.29, 0.717) is 5.57 Å². The molecule has 1 unspecified atom stereocenters. The van der Waals surface area contributed by atoms with Gasteiger partial charge in [0.2, 0.25) is 0 Å². The molecule has 12 heavy (non-hydrogen) atoms. The molecule has 1 atom stereocenters. The summed E-state index contributed by atoms with van der Waals surface area (Å²) < 4.78 is 4.43. The van der Waals surface area contributed by atoms with Crippen molar-refractivity contribution in [1.82, 2.24) is 0 Å². The standard InChI is InChI=1S/C9H6O3/c10-8-6-4-2-1-3-5-7(6)9(11)12-8/h1-6H. The Hall–Kier alpha value is -1.64. The molecule has 1 fully saturated rings. The summed E-state index contributed by atoms with van der Waals surface area (Å²) in [5, 5.41) is 0. The van der Waals surface area contributed by atoms with Crippen LogP contribution >= 0.6 is 0 Å². The van der Waals surface area contributed by atoms with E-state index in [9.17, 15) is 9.59 Å². The summed E-state index contributed by atoms with van der Waals surface area (Å²) in [7, 11) is 0. The van der Waals surface area contributed by atoms with Gasteiger partial charge in [0, 0.05) is 0 Å². The number of hydrogen-bond acceptors (Lipinski definition) is 3. The van der Waals surface area contributed by atoms with Crippen molar-refractivity contribution in [3.8, 4) is 0 Å². The maximum atomic E-state index is 11.0. The van der Waals surface area contributed by atoms with Crippen LogP contribution in [0.3, 0.4) is 0 Å². The Kier molecular flexibility index (Phi) is 1.43. The SMILES string of the molecule is O=C1OC(=O)C2C=CC=CC=C12. The van der Waals surface area contributed by atoms with E-state index in [0.717, 1.165) is 0 Å². The summed E-state index contributed by atoms with van der Waals surface area (Å²) >= 11 is 0. The molecule has 0 saturated carbocycles. The van der Waals surface area contributed by atoms with Gasteiger partial charge in [-0.15, -0.1) is 0 Å². The van der Waals surface area contributed by atoms with Gasteiger partial charge in [-0.3, -0.25) is 4.79 Å². The molecule has 3 nitrogen and oxygen atoms in total. The van der Waals surface area contributed by atoms with E-state index >= 15 is 0 Å². The molecule has 60 valence electrons. The van der Waals surface area contributed by atoms with Crippen LogP contribution in [0.15, 0.2) is 36.0 Å². The molecule has 0 amide bonds. The lowest BCUT2D eigenvalue weighted by molar-refractivity contribution is -0.152. The van der Waals surface area contributed by atoms with Gasteiger partial charge in [-0.25, -0.2) is 4.79 Å². The number of esters is 2. The monoisotopic (exact) mass is 162 g/mol. The number of cyclic esters (lactones) is 2. The van der Waals surface area contributed by atoms with E-state index in [-0.39, 0.29) is 0 Å². The maximum absolute atomic E-state index is 11.0. The summed E-state index contributed by atoms with van der Waals surface area (Å²) in [5.41, 5.74) is 0.421. The van der Waals surface area contributed by atoms with Crippen LogP contribution in [0.1, 0.15) is 0 Å². The summed E-state index contributed by atoms with van der Waals surface area (Å²) in [6, 6.07) is 0. The van der Waals surface area contributed by atoms with Crippen LogP contribution in [0.25, 0.3) is 0 Å². The summed E-state index contributed by atoms with van der Waals surface area (Å²) in [6.45, 7) is 0. The lowest BCUT2D eigenvalue weighted by atomic mass is 10.0. The highest BCUT2D eigenvalue weighted by atomic mass is 16.6. The van der Waals surface area contributed by atoms with Crippen molar-refractivity contribution in [3.63, 3.8) is 0 Å². The Bertz CT molecular complexity index is 334. The first-order valence-electron chi connectivity index (χ1n) is 3.60. The average Bonchev–Trinajstić information content (AvgIpc) is 2.29. The highest BCUT2D eigenvalue weighted by molar-refractivity contribution is 6.08. The van der Waals surface area contributed by atoms with Gasteiger partial charge in [-0.2, -0.15) is 0 Å². The molecule has 1 heterocycles. The molecular formula is C9H6O3. The summed E-state index contributed by atoms with van der Waals surface area (Å²) in [5.74, 6) is -1.50. The molecule has 0 aromatic heterocycles. The van der Waals surface area contributed by atoms with Gasteiger partial charge >= 0.3 is 11.9 Å². The van der Waals surface area contributed by atoms with Gasteiger partial charge in [0.15, 0.2) is 0 Å². The molecule has 0 spiro atoms. The lowest BCUT2D eigenvalue weighted by Crippen LogP contribution is -2.04. The van der Waals surface area contributed by atoms with Gasteiger partial charge < -0.3 is 4.74 Å². The quantitative estimate of drug-likeness (QED) is 0.389. The lowest BCUT2D eigenvalue weighted by Gasteiger charge is -1.94. The largest absolute Gasteiger partial charge is 0.389 e. The Morgan fingerprint density at radius 3 is 2.83 bits per heavy atom. The van der Waals surface area contributed by atoms with Gasteiger partial charge in [-0.1, -0.05) is 30.4 Å². The molecule has 0 bridgehead atoms. The molecule has 2 aliphatic rings. The first kappa shape index (κ1) is 7.03. The number of carbonyl (C=O) groups excluding carboxylic acids is 2. The number of allylic oxidation sites excluding steroid dienone is 4. The predicted octanol–water partition coefficient (Wildman–Crippen LogP) is 0.738. The number of fused-ring (bicyclic) bond motifs is 1. The van der Waals surface area contributed by atoms with Gasteiger partial charge in [-0.05, 0) is 0 Å².